The second kappa shape index (κ2) is 10.0. The van der Waals surface area contributed by atoms with E-state index in [4.69, 9.17) is 9.47 Å². The van der Waals surface area contributed by atoms with Gasteiger partial charge in [0.15, 0.2) is 0 Å². The van der Waals surface area contributed by atoms with Crippen molar-refractivity contribution < 1.29 is 19.1 Å². The van der Waals surface area contributed by atoms with Gasteiger partial charge < -0.3 is 19.3 Å². The van der Waals surface area contributed by atoms with Crippen molar-refractivity contribution in [1.82, 2.24) is 9.80 Å². The van der Waals surface area contributed by atoms with Crippen molar-refractivity contribution in [3.63, 3.8) is 0 Å². The smallest absolute Gasteiger partial charge is 0.249 e. The Hall–Kier alpha value is -2.38. The van der Waals surface area contributed by atoms with E-state index in [0.717, 1.165) is 30.6 Å². The van der Waals surface area contributed by atoms with E-state index in [1.165, 1.54) is 17.6 Å². The molecule has 2 heterocycles. The van der Waals surface area contributed by atoms with Crippen molar-refractivity contribution in [3.05, 3.63) is 51.7 Å². The quantitative estimate of drug-likeness (QED) is 0.572. The zero-order valence-electron chi connectivity index (χ0n) is 19.1. The molecule has 1 aliphatic carbocycles. The van der Waals surface area contributed by atoms with E-state index in [2.05, 4.69) is 37.4 Å². The summed E-state index contributed by atoms with van der Waals surface area (Å²) in [6, 6.07) is 10.3. The van der Waals surface area contributed by atoms with Crippen LogP contribution >= 0.6 is 11.3 Å². The van der Waals surface area contributed by atoms with E-state index < -0.39 is 0 Å². The van der Waals surface area contributed by atoms with Gasteiger partial charge in [-0.25, -0.2) is 0 Å². The predicted octanol–water partition coefficient (Wildman–Crippen LogP) is 4.01. The van der Waals surface area contributed by atoms with Gasteiger partial charge in [-0.15, -0.1) is 11.3 Å². The van der Waals surface area contributed by atoms with Gasteiger partial charge in [0.1, 0.15) is 25.5 Å². The van der Waals surface area contributed by atoms with Gasteiger partial charge in [0.05, 0.1) is 6.04 Å². The number of amides is 2. The minimum absolute atomic E-state index is 0.0113. The van der Waals surface area contributed by atoms with E-state index in [0.29, 0.717) is 19.1 Å². The van der Waals surface area contributed by atoms with Crippen molar-refractivity contribution in [1.29, 1.82) is 0 Å². The maximum atomic E-state index is 13.4. The summed E-state index contributed by atoms with van der Waals surface area (Å²) in [6.07, 6.45) is 2.75. The molecule has 0 N–H and O–H groups in total. The lowest BCUT2D eigenvalue weighted by Gasteiger charge is -2.37. The molecule has 7 heteroatoms. The van der Waals surface area contributed by atoms with Gasteiger partial charge in [-0.3, -0.25) is 9.59 Å². The molecular weight excluding hydrogens is 424 g/mol. The molecule has 0 saturated heterocycles. The summed E-state index contributed by atoms with van der Waals surface area (Å²) in [5.74, 6) is 1.13. The van der Waals surface area contributed by atoms with Crippen molar-refractivity contribution in [3.8, 4) is 5.75 Å². The standard InChI is InChI=1S/C25H32N2O4S/c1-17(2)18-4-8-20(9-5-18)31-15-22-21-11-13-32-23(21)10-12-26(22)24(28)14-27(19-6-7-19)25(29)16-30-3/h4-5,8-9,11,13,17,19,22H,6-7,10,12,14-16H2,1-3H3. The molecule has 2 aromatic rings. The number of ether oxygens (including phenoxy) is 2. The van der Waals surface area contributed by atoms with Crippen LogP contribution in [0.3, 0.4) is 0 Å². The van der Waals surface area contributed by atoms with Gasteiger partial charge in [0.2, 0.25) is 11.8 Å². The molecular formula is C25H32N2O4S. The van der Waals surface area contributed by atoms with Crippen LogP contribution in [-0.2, 0) is 20.7 Å². The van der Waals surface area contributed by atoms with Crippen LogP contribution < -0.4 is 4.74 Å². The Morgan fingerprint density at radius 3 is 2.59 bits per heavy atom. The highest BCUT2D eigenvalue weighted by atomic mass is 32.1. The molecule has 1 atom stereocenters. The van der Waals surface area contributed by atoms with Gasteiger partial charge >= 0.3 is 0 Å². The summed E-state index contributed by atoms with van der Waals surface area (Å²) < 4.78 is 11.2. The Morgan fingerprint density at radius 2 is 1.94 bits per heavy atom. The number of hydrogen-bond acceptors (Lipinski definition) is 5. The molecule has 1 aromatic heterocycles. The van der Waals surface area contributed by atoms with Crippen molar-refractivity contribution >= 4 is 23.2 Å². The van der Waals surface area contributed by atoms with E-state index in [1.54, 1.807) is 16.2 Å². The maximum absolute atomic E-state index is 13.4. The summed E-state index contributed by atoms with van der Waals surface area (Å²) in [5.41, 5.74) is 2.43. The highest BCUT2D eigenvalue weighted by molar-refractivity contribution is 7.10. The summed E-state index contributed by atoms with van der Waals surface area (Å²) in [6.45, 7) is 5.49. The molecule has 1 aliphatic heterocycles. The lowest BCUT2D eigenvalue weighted by atomic mass is 10.00. The number of methoxy groups -OCH3 is 1. The zero-order chi connectivity index (χ0) is 22.7. The lowest BCUT2D eigenvalue weighted by molar-refractivity contribution is -0.145. The fourth-order valence-corrected chi connectivity index (χ4v) is 5.18. The highest BCUT2D eigenvalue weighted by Crippen LogP contribution is 2.35. The van der Waals surface area contributed by atoms with Gasteiger partial charge in [0, 0.05) is 24.6 Å². The molecule has 1 aromatic carbocycles. The Labute approximate surface area is 194 Å². The Bertz CT molecular complexity index is 936. The van der Waals surface area contributed by atoms with Crippen LogP contribution in [0.25, 0.3) is 0 Å². The Morgan fingerprint density at radius 1 is 1.19 bits per heavy atom. The van der Waals surface area contributed by atoms with Gasteiger partial charge in [-0.05, 0) is 59.9 Å². The van der Waals surface area contributed by atoms with E-state index in [1.807, 2.05) is 17.0 Å². The number of carbonyl (C=O) groups is 2. The monoisotopic (exact) mass is 456 g/mol. The van der Waals surface area contributed by atoms with Crippen LogP contribution in [0.1, 0.15) is 54.7 Å². The molecule has 4 rings (SSSR count). The first-order chi connectivity index (χ1) is 15.5. The Kier molecular flexibility index (Phi) is 7.16. The molecule has 172 valence electrons. The van der Waals surface area contributed by atoms with Gasteiger partial charge in [-0.2, -0.15) is 0 Å². The van der Waals surface area contributed by atoms with Crippen molar-refractivity contribution in [2.75, 3.05) is 33.4 Å². The largest absolute Gasteiger partial charge is 0.491 e. The van der Waals surface area contributed by atoms with Crippen molar-refractivity contribution in [2.24, 2.45) is 0 Å². The highest BCUT2D eigenvalue weighted by Gasteiger charge is 2.37. The van der Waals surface area contributed by atoms with Gasteiger partial charge in [-0.1, -0.05) is 26.0 Å². The van der Waals surface area contributed by atoms with Gasteiger partial charge in [0.25, 0.3) is 0 Å². The van der Waals surface area contributed by atoms with Crippen LogP contribution in [0.4, 0.5) is 0 Å². The van der Waals surface area contributed by atoms with E-state index in [-0.39, 0.29) is 37.0 Å². The van der Waals surface area contributed by atoms with Crippen LogP contribution in [0, 0.1) is 0 Å². The molecule has 0 bridgehead atoms. The number of thiophene rings is 1. The molecule has 1 fully saturated rings. The number of benzene rings is 1. The SMILES string of the molecule is COCC(=O)N(CC(=O)N1CCc2sccc2C1COc1ccc(C(C)C)cc1)C1CC1. The molecule has 1 saturated carbocycles. The number of carbonyl (C=O) groups excluding carboxylic acids is 2. The van der Waals surface area contributed by atoms with E-state index in [9.17, 15) is 9.59 Å². The van der Waals surface area contributed by atoms with Crippen LogP contribution in [0.5, 0.6) is 5.75 Å². The van der Waals surface area contributed by atoms with Crippen LogP contribution in [-0.4, -0.2) is 61.1 Å². The molecule has 32 heavy (non-hydrogen) atoms. The number of rotatable bonds is 9. The Balaban J connectivity index is 1.47. The molecule has 2 aliphatic rings. The average Bonchev–Trinajstić information content (AvgIpc) is 3.51. The molecule has 2 amide bonds. The molecule has 6 nitrogen and oxygen atoms in total. The normalized spacial score (nSPS) is 17.9. The summed E-state index contributed by atoms with van der Waals surface area (Å²) in [7, 11) is 1.51. The number of nitrogens with zero attached hydrogens (tertiary/aromatic N) is 2. The predicted molar refractivity (Wildman–Crippen MR) is 125 cm³/mol. The lowest BCUT2D eigenvalue weighted by Crippen LogP contribution is -2.49. The second-order valence-corrected chi connectivity index (χ2v) is 9.87. The molecule has 1 unspecified atom stereocenters. The zero-order valence-corrected chi connectivity index (χ0v) is 19.9. The first-order valence-electron chi connectivity index (χ1n) is 11.3. The topological polar surface area (TPSA) is 59.1 Å². The fourth-order valence-electron chi connectivity index (χ4n) is 4.25. The maximum Gasteiger partial charge on any atom is 0.249 e. The molecule has 0 radical (unpaired) electrons. The fraction of sp³-hybridized carbons (Fsp3) is 0.520. The summed E-state index contributed by atoms with van der Waals surface area (Å²) in [5, 5.41) is 2.09. The number of fused-ring (bicyclic) bond motifs is 1. The third-order valence-corrected chi connectivity index (χ3v) is 7.25. The first kappa shape index (κ1) is 22.8. The average molecular weight is 457 g/mol. The second-order valence-electron chi connectivity index (χ2n) is 8.87. The minimum Gasteiger partial charge on any atom is -0.491 e. The summed E-state index contributed by atoms with van der Waals surface area (Å²) in [4.78, 5) is 30.7. The van der Waals surface area contributed by atoms with E-state index >= 15 is 0 Å². The third-order valence-electron chi connectivity index (χ3n) is 6.25. The van der Waals surface area contributed by atoms with Crippen molar-refractivity contribution in [2.45, 2.75) is 51.1 Å². The van der Waals surface area contributed by atoms with Crippen LogP contribution in [0.2, 0.25) is 0 Å². The molecule has 0 spiro atoms. The van der Waals surface area contributed by atoms with Crippen LogP contribution in [0.15, 0.2) is 35.7 Å². The number of hydrogen-bond donors (Lipinski definition) is 0. The minimum atomic E-state index is -0.152. The third kappa shape index (κ3) is 5.15. The first-order valence-corrected chi connectivity index (χ1v) is 12.2. The summed E-state index contributed by atoms with van der Waals surface area (Å²) >= 11 is 1.74.